The number of nitrogens with two attached hydrogens (primary N) is 1. The molecule has 35 heavy (non-hydrogen) atoms. The van der Waals surface area contributed by atoms with Crippen molar-refractivity contribution in [1.82, 2.24) is 4.90 Å². The van der Waals surface area contributed by atoms with Crippen LogP contribution in [0.3, 0.4) is 0 Å². The van der Waals surface area contributed by atoms with E-state index in [-0.39, 0.29) is 18.3 Å². The lowest BCUT2D eigenvalue weighted by molar-refractivity contribution is -0.108. The highest BCUT2D eigenvalue weighted by molar-refractivity contribution is 6.33. The molecular weight excluding hydrogens is 491 g/mol. The van der Waals surface area contributed by atoms with Crippen molar-refractivity contribution in [3.05, 3.63) is 46.5 Å². The Labute approximate surface area is 219 Å². The van der Waals surface area contributed by atoms with E-state index in [4.69, 9.17) is 36.3 Å². The molecule has 194 valence electrons. The number of carbonyl (C=O) groups is 1. The van der Waals surface area contributed by atoms with Crippen LogP contribution in [-0.2, 0) is 16.1 Å². The summed E-state index contributed by atoms with van der Waals surface area (Å²) < 4.78 is 22.2. The van der Waals surface area contributed by atoms with Gasteiger partial charge in [0.15, 0.2) is 0 Å². The molecule has 0 amide bonds. The van der Waals surface area contributed by atoms with Crippen molar-refractivity contribution in [2.45, 2.75) is 31.8 Å². The Hall–Kier alpha value is -2.19. The fourth-order valence-corrected chi connectivity index (χ4v) is 4.76. The number of hydrogen-bond donors (Lipinski definition) is 1. The van der Waals surface area contributed by atoms with E-state index in [1.807, 2.05) is 24.3 Å². The number of anilines is 1. The molecule has 0 aliphatic carbocycles. The smallest absolute Gasteiger partial charge is 0.125 e. The van der Waals surface area contributed by atoms with Gasteiger partial charge in [-0.2, -0.15) is 0 Å². The minimum Gasteiger partial charge on any atom is -0.497 e. The predicted molar refractivity (Wildman–Crippen MR) is 141 cm³/mol. The molecule has 1 atom stereocenters. The Kier molecular flexibility index (Phi) is 11.9. The van der Waals surface area contributed by atoms with Gasteiger partial charge in [-0.25, -0.2) is 0 Å². The van der Waals surface area contributed by atoms with Crippen molar-refractivity contribution < 1.29 is 23.7 Å². The van der Waals surface area contributed by atoms with E-state index in [2.05, 4.69) is 4.90 Å². The molecular formula is C26H36Cl2N2O5. The molecule has 0 aromatic heterocycles. The number of likely N-dealkylation sites (tertiary alicyclic amines) is 1. The number of ether oxygens (including phenoxy) is 4. The fourth-order valence-electron chi connectivity index (χ4n) is 4.59. The Bertz CT molecular complexity index is 929. The number of piperidine rings is 1. The van der Waals surface area contributed by atoms with Gasteiger partial charge in [-0.1, -0.05) is 11.6 Å². The van der Waals surface area contributed by atoms with Gasteiger partial charge in [0.25, 0.3) is 0 Å². The van der Waals surface area contributed by atoms with Gasteiger partial charge in [0.05, 0.1) is 31.5 Å². The number of methoxy groups -OCH3 is 3. The van der Waals surface area contributed by atoms with E-state index < -0.39 is 0 Å². The van der Waals surface area contributed by atoms with E-state index >= 15 is 0 Å². The standard InChI is InChI=1S/C26H35ClN2O5.ClH/c1-31-11-9-29-7-4-19(5-8-29)22(6-10-30)23-15-24(27)25(28)16-26(23)34-17-18-12-20(32-2)14-21(13-18)33-3;/h10,12-16,19,22H,4-9,11,17,28H2,1-3H3;1H. The molecule has 1 heterocycles. The first-order valence-corrected chi connectivity index (χ1v) is 11.9. The minimum atomic E-state index is 0. The van der Waals surface area contributed by atoms with Crippen LogP contribution >= 0.6 is 24.0 Å². The van der Waals surface area contributed by atoms with Crippen molar-refractivity contribution in [2.24, 2.45) is 5.92 Å². The second kappa shape index (κ2) is 14.4. The molecule has 0 spiro atoms. The second-order valence-corrected chi connectivity index (χ2v) is 9.01. The van der Waals surface area contributed by atoms with Crippen molar-refractivity contribution in [1.29, 1.82) is 0 Å². The van der Waals surface area contributed by atoms with Crippen LogP contribution in [0.2, 0.25) is 5.02 Å². The average Bonchev–Trinajstić information content (AvgIpc) is 2.86. The molecule has 3 rings (SSSR count). The molecule has 1 fully saturated rings. The third-order valence-electron chi connectivity index (χ3n) is 6.50. The van der Waals surface area contributed by atoms with E-state index in [9.17, 15) is 4.79 Å². The molecule has 2 aromatic rings. The lowest BCUT2D eigenvalue weighted by Crippen LogP contribution is -2.37. The van der Waals surface area contributed by atoms with Gasteiger partial charge in [0.1, 0.15) is 30.1 Å². The number of nitrogens with zero attached hydrogens (tertiary/aromatic N) is 1. The average molecular weight is 527 g/mol. The Morgan fingerprint density at radius 1 is 1.09 bits per heavy atom. The van der Waals surface area contributed by atoms with Crippen LogP contribution in [-0.4, -0.2) is 58.8 Å². The number of carbonyl (C=O) groups excluding carboxylic acids is 1. The molecule has 0 radical (unpaired) electrons. The maximum atomic E-state index is 11.7. The molecule has 2 N–H and O–H groups in total. The van der Waals surface area contributed by atoms with Gasteiger partial charge < -0.3 is 34.4 Å². The van der Waals surface area contributed by atoms with Gasteiger partial charge in [0.2, 0.25) is 0 Å². The zero-order chi connectivity index (χ0) is 24.5. The summed E-state index contributed by atoms with van der Waals surface area (Å²) in [6.07, 6.45) is 3.39. The summed E-state index contributed by atoms with van der Waals surface area (Å²) in [6.45, 7) is 3.90. The maximum Gasteiger partial charge on any atom is 0.125 e. The Balaban J connectivity index is 0.00000432. The summed E-state index contributed by atoms with van der Waals surface area (Å²) in [4.78, 5) is 14.1. The minimum absolute atomic E-state index is 0. The van der Waals surface area contributed by atoms with Crippen LogP contribution in [0.5, 0.6) is 17.2 Å². The van der Waals surface area contributed by atoms with Gasteiger partial charge in [0, 0.05) is 32.2 Å². The third-order valence-corrected chi connectivity index (χ3v) is 6.82. The molecule has 1 aliphatic rings. The predicted octanol–water partition coefficient (Wildman–Crippen LogP) is 4.97. The van der Waals surface area contributed by atoms with Crippen LogP contribution in [0.25, 0.3) is 0 Å². The van der Waals surface area contributed by atoms with Crippen LogP contribution in [0, 0.1) is 5.92 Å². The topological polar surface area (TPSA) is 83.3 Å². The second-order valence-electron chi connectivity index (χ2n) is 8.60. The first-order valence-electron chi connectivity index (χ1n) is 11.6. The molecule has 9 heteroatoms. The summed E-state index contributed by atoms with van der Waals surface area (Å²) in [5.41, 5.74) is 8.40. The molecule has 7 nitrogen and oxygen atoms in total. The van der Waals surface area contributed by atoms with E-state index in [1.165, 1.54) is 0 Å². The lowest BCUT2D eigenvalue weighted by atomic mass is 9.78. The Morgan fingerprint density at radius 2 is 1.74 bits per heavy atom. The van der Waals surface area contributed by atoms with Crippen LogP contribution in [0.15, 0.2) is 30.3 Å². The highest BCUT2D eigenvalue weighted by atomic mass is 35.5. The number of nitrogen functional groups attached to an aromatic ring is 1. The van der Waals surface area contributed by atoms with Crippen LogP contribution in [0.1, 0.15) is 36.3 Å². The van der Waals surface area contributed by atoms with Crippen LogP contribution in [0.4, 0.5) is 5.69 Å². The first-order chi connectivity index (χ1) is 16.5. The SMILES string of the molecule is COCCN1CCC(C(CC=O)c2cc(Cl)c(N)cc2OCc2cc(OC)cc(OC)c2)CC1.Cl. The summed E-state index contributed by atoms with van der Waals surface area (Å²) >= 11 is 6.42. The molecule has 1 aliphatic heterocycles. The van der Waals surface area contributed by atoms with E-state index in [0.717, 1.165) is 56.5 Å². The first kappa shape index (κ1) is 29.0. The zero-order valence-corrected chi connectivity index (χ0v) is 22.2. The number of hydrogen-bond acceptors (Lipinski definition) is 7. The summed E-state index contributed by atoms with van der Waals surface area (Å²) in [5.74, 6) is 2.39. The lowest BCUT2D eigenvalue weighted by Gasteiger charge is -2.36. The summed E-state index contributed by atoms with van der Waals surface area (Å²) in [7, 11) is 4.95. The molecule has 1 saturated heterocycles. The normalized spacial score (nSPS) is 15.2. The van der Waals surface area contributed by atoms with E-state index in [0.29, 0.717) is 46.9 Å². The number of rotatable bonds is 12. The van der Waals surface area contributed by atoms with Gasteiger partial charge in [-0.3, -0.25) is 0 Å². The monoisotopic (exact) mass is 526 g/mol. The number of benzene rings is 2. The van der Waals surface area contributed by atoms with Gasteiger partial charge in [-0.15, -0.1) is 12.4 Å². The van der Waals surface area contributed by atoms with Crippen molar-refractivity contribution in [3.8, 4) is 17.2 Å². The maximum absolute atomic E-state index is 11.7. The third kappa shape index (κ3) is 7.90. The Morgan fingerprint density at radius 3 is 2.31 bits per heavy atom. The zero-order valence-electron chi connectivity index (χ0n) is 20.6. The largest absolute Gasteiger partial charge is 0.497 e. The van der Waals surface area contributed by atoms with Gasteiger partial charge >= 0.3 is 0 Å². The molecule has 0 bridgehead atoms. The number of halogens is 2. The van der Waals surface area contributed by atoms with Crippen LogP contribution < -0.4 is 19.9 Å². The van der Waals surface area contributed by atoms with E-state index in [1.54, 1.807) is 27.4 Å². The molecule has 1 unspecified atom stereocenters. The highest BCUT2D eigenvalue weighted by Gasteiger charge is 2.30. The molecule has 2 aromatic carbocycles. The number of aldehydes is 1. The van der Waals surface area contributed by atoms with Gasteiger partial charge in [-0.05, 0) is 67.1 Å². The van der Waals surface area contributed by atoms with Crippen molar-refractivity contribution in [3.63, 3.8) is 0 Å². The summed E-state index contributed by atoms with van der Waals surface area (Å²) in [6, 6.07) is 9.25. The van der Waals surface area contributed by atoms with Crippen molar-refractivity contribution >= 4 is 36.0 Å². The fraction of sp³-hybridized carbons (Fsp3) is 0.500. The quantitative estimate of drug-likeness (QED) is 0.308. The molecule has 0 saturated carbocycles. The van der Waals surface area contributed by atoms with Crippen molar-refractivity contribution in [2.75, 3.05) is 53.3 Å². The highest BCUT2D eigenvalue weighted by Crippen LogP contribution is 2.42. The summed E-state index contributed by atoms with van der Waals surface area (Å²) in [5, 5.41) is 0.471.